The maximum absolute atomic E-state index is 12.3. The van der Waals surface area contributed by atoms with Gasteiger partial charge >= 0.3 is 0 Å². The molecule has 2 heterocycles. The lowest BCUT2D eigenvalue weighted by molar-refractivity contribution is -0.904. The average molecular weight is 276 g/mol. The number of Topliss-reactive ketones (excluding diaryl/α,β-unsaturated/α-hetero) is 1. The SMILES string of the molecule is O=C(CC[NH+]1CCCCC1)c1ccc2c(c1)OCCO2. The number of nitrogens with one attached hydrogen (secondary N) is 1. The molecule has 0 aromatic heterocycles. The lowest BCUT2D eigenvalue weighted by atomic mass is 10.1. The predicted molar refractivity (Wildman–Crippen MR) is 75.8 cm³/mol. The highest BCUT2D eigenvalue weighted by Gasteiger charge is 2.18. The molecule has 1 aromatic carbocycles. The van der Waals surface area contributed by atoms with E-state index in [-0.39, 0.29) is 5.78 Å². The van der Waals surface area contributed by atoms with Crippen molar-refractivity contribution in [3.8, 4) is 11.5 Å². The number of fused-ring (bicyclic) bond motifs is 1. The Morgan fingerprint density at radius 2 is 1.80 bits per heavy atom. The number of quaternary nitrogens is 1. The van der Waals surface area contributed by atoms with Gasteiger partial charge in [-0.2, -0.15) is 0 Å². The monoisotopic (exact) mass is 276 g/mol. The molecule has 20 heavy (non-hydrogen) atoms. The summed E-state index contributed by atoms with van der Waals surface area (Å²) in [7, 11) is 0. The van der Waals surface area contributed by atoms with Crippen molar-refractivity contribution in [2.24, 2.45) is 0 Å². The third-order valence-corrected chi connectivity index (χ3v) is 4.13. The standard InChI is InChI=1S/C16H21NO3/c18-14(6-9-17-7-2-1-3-8-17)13-4-5-15-16(12-13)20-11-10-19-15/h4-5,12H,1-3,6-11H2/p+1. The molecule has 1 saturated heterocycles. The number of piperidine rings is 1. The summed E-state index contributed by atoms with van der Waals surface area (Å²) in [5, 5.41) is 0. The Hall–Kier alpha value is -1.55. The van der Waals surface area contributed by atoms with Crippen LogP contribution >= 0.6 is 0 Å². The lowest BCUT2D eigenvalue weighted by Crippen LogP contribution is -3.12. The van der Waals surface area contributed by atoms with Crippen molar-refractivity contribution in [1.82, 2.24) is 0 Å². The van der Waals surface area contributed by atoms with Gasteiger partial charge in [0.15, 0.2) is 17.3 Å². The van der Waals surface area contributed by atoms with Gasteiger partial charge in [0.1, 0.15) is 13.2 Å². The molecule has 1 fully saturated rings. The summed E-state index contributed by atoms with van der Waals surface area (Å²) in [5.74, 6) is 1.65. The van der Waals surface area contributed by atoms with Crippen LogP contribution in [0.4, 0.5) is 0 Å². The minimum Gasteiger partial charge on any atom is -0.486 e. The van der Waals surface area contributed by atoms with E-state index in [9.17, 15) is 4.79 Å². The Morgan fingerprint density at radius 1 is 1.05 bits per heavy atom. The van der Waals surface area contributed by atoms with Crippen LogP contribution in [0.2, 0.25) is 0 Å². The summed E-state index contributed by atoms with van der Waals surface area (Å²) in [6, 6.07) is 5.51. The molecular formula is C16H22NO3+. The van der Waals surface area contributed by atoms with Gasteiger partial charge in [-0.15, -0.1) is 0 Å². The number of hydrogen-bond acceptors (Lipinski definition) is 3. The number of ether oxygens (including phenoxy) is 2. The van der Waals surface area contributed by atoms with Gasteiger partial charge in [0.2, 0.25) is 0 Å². The first-order valence-electron chi connectivity index (χ1n) is 7.59. The van der Waals surface area contributed by atoms with Gasteiger partial charge in [0, 0.05) is 5.56 Å². The van der Waals surface area contributed by atoms with Crippen molar-refractivity contribution in [2.45, 2.75) is 25.7 Å². The number of benzene rings is 1. The minimum atomic E-state index is 0.208. The highest BCUT2D eigenvalue weighted by Crippen LogP contribution is 2.30. The fraction of sp³-hybridized carbons (Fsp3) is 0.562. The first kappa shape index (κ1) is 13.4. The van der Waals surface area contributed by atoms with Crippen LogP contribution in [-0.2, 0) is 0 Å². The summed E-state index contributed by atoms with van der Waals surface area (Å²) < 4.78 is 11.0. The van der Waals surface area contributed by atoms with E-state index in [0.717, 1.165) is 17.9 Å². The fourth-order valence-corrected chi connectivity index (χ4v) is 2.95. The van der Waals surface area contributed by atoms with Crippen LogP contribution in [0.15, 0.2) is 18.2 Å². The van der Waals surface area contributed by atoms with E-state index in [0.29, 0.717) is 25.4 Å². The minimum absolute atomic E-state index is 0.208. The van der Waals surface area contributed by atoms with E-state index in [1.54, 1.807) is 4.90 Å². The molecule has 0 amide bonds. The van der Waals surface area contributed by atoms with Gasteiger partial charge in [-0.1, -0.05) is 0 Å². The molecular weight excluding hydrogens is 254 g/mol. The molecule has 3 rings (SSSR count). The number of ketones is 1. The summed E-state index contributed by atoms with van der Waals surface area (Å²) in [5.41, 5.74) is 0.741. The summed E-state index contributed by atoms with van der Waals surface area (Å²) in [4.78, 5) is 13.8. The molecule has 4 heteroatoms. The highest BCUT2D eigenvalue weighted by atomic mass is 16.6. The fourth-order valence-electron chi connectivity index (χ4n) is 2.95. The Balaban J connectivity index is 1.59. The maximum Gasteiger partial charge on any atom is 0.168 e. The number of carbonyl (C=O) groups excluding carboxylic acids is 1. The molecule has 108 valence electrons. The van der Waals surface area contributed by atoms with Crippen LogP contribution in [0.25, 0.3) is 0 Å². The topological polar surface area (TPSA) is 40.0 Å². The number of rotatable bonds is 4. The van der Waals surface area contributed by atoms with Gasteiger partial charge < -0.3 is 14.4 Å². The lowest BCUT2D eigenvalue weighted by Gasteiger charge is -2.23. The molecule has 0 atom stereocenters. The summed E-state index contributed by atoms with van der Waals surface area (Å²) in [6.45, 7) is 4.53. The van der Waals surface area contributed by atoms with Crippen LogP contribution in [0.3, 0.4) is 0 Å². The average Bonchev–Trinajstić information content (AvgIpc) is 2.53. The van der Waals surface area contributed by atoms with Gasteiger partial charge in [-0.3, -0.25) is 4.79 Å². The van der Waals surface area contributed by atoms with Crippen molar-refractivity contribution in [3.05, 3.63) is 23.8 Å². The van der Waals surface area contributed by atoms with Crippen molar-refractivity contribution < 1.29 is 19.2 Å². The number of carbonyl (C=O) groups is 1. The van der Waals surface area contributed by atoms with Crippen LogP contribution in [0.1, 0.15) is 36.0 Å². The third kappa shape index (κ3) is 3.12. The van der Waals surface area contributed by atoms with E-state index in [2.05, 4.69) is 0 Å². The van der Waals surface area contributed by atoms with Gasteiger partial charge in [0.05, 0.1) is 26.1 Å². The zero-order valence-corrected chi connectivity index (χ0v) is 11.8. The number of hydrogen-bond donors (Lipinski definition) is 1. The van der Waals surface area contributed by atoms with E-state index in [1.165, 1.54) is 32.4 Å². The van der Waals surface area contributed by atoms with Crippen LogP contribution in [0.5, 0.6) is 11.5 Å². The van der Waals surface area contributed by atoms with E-state index in [1.807, 2.05) is 18.2 Å². The second kappa shape index (κ2) is 6.27. The summed E-state index contributed by atoms with van der Waals surface area (Å²) >= 11 is 0. The second-order valence-electron chi connectivity index (χ2n) is 5.59. The second-order valence-corrected chi connectivity index (χ2v) is 5.59. The van der Waals surface area contributed by atoms with Crippen molar-refractivity contribution >= 4 is 5.78 Å². The van der Waals surface area contributed by atoms with Crippen LogP contribution < -0.4 is 14.4 Å². The first-order valence-corrected chi connectivity index (χ1v) is 7.59. The van der Waals surface area contributed by atoms with E-state index >= 15 is 0 Å². The van der Waals surface area contributed by atoms with E-state index < -0.39 is 0 Å². The van der Waals surface area contributed by atoms with Crippen molar-refractivity contribution in [3.63, 3.8) is 0 Å². The number of likely N-dealkylation sites (tertiary alicyclic amines) is 1. The Bertz CT molecular complexity index is 481. The first-order chi connectivity index (χ1) is 9.83. The molecule has 2 aliphatic heterocycles. The zero-order chi connectivity index (χ0) is 13.8. The van der Waals surface area contributed by atoms with Crippen LogP contribution in [-0.4, -0.2) is 38.6 Å². The predicted octanol–water partition coefficient (Wildman–Crippen LogP) is 1.10. The highest BCUT2D eigenvalue weighted by molar-refractivity contribution is 5.96. The van der Waals surface area contributed by atoms with Crippen LogP contribution in [0, 0.1) is 0 Å². The molecule has 1 aromatic rings. The molecule has 0 unspecified atom stereocenters. The smallest absolute Gasteiger partial charge is 0.168 e. The van der Waals surface area contributed by atoms with Gasteiger partial charge in [-0.25, -0.2) is 0 Å². The molecule has 1 N–H and O–H groups in total. The van der Waals surface area contributed by atoms with Crippen molar-refractivity contribution in [2.75, 3.05) is 32.8 Å². The Labute approximate surface area is 119 Å². The third-order valence-electron chi connectivity index (χ3n) is 4.13. The molecule has 4 nitrogen and oxygen atoms in total. The Kier molecular flexibility index (Phi) is 4.21. The van der Waals surface area contributed by atoms with Gasteiger partial charge in [-0.05, 0) is 37.5 Å². The molecule has 0 bridgehead atoms. The zero-order valence-electron chi connectivity index (χ0n) is 11.8. The normalized spacial score (nSPS) is 18.8. The van der Waals surface area contributed by atoms with Gasteiger partial charge in [0.25, 0.3) is 0 Å². The maximum atomic E-state index is 12.3. The molecule has 2 aliphatic rings. The summed E-state index contributed by atoms with van der Waals surface area (Å²) in [6.07, 6.45) is 4.57. The molecule has 0 spiro atoms. The molecule has 0 aliphatic carbocycles. The molecule has 0 radical (unpaired) electrons. The molecule has 0 saturated carbocycles. The van der Waals surface area contributed by atoms with Crippen molar-refractivity contribution in [1.29, 1.82) is 0 Å². The quantitative estimate of drug-likeness (QED) is 0.837. The van der Waals surface area contributed by atoms with E-state index in [4.69, 9.17) is 9.47 Å². The largest absolute Gasteiger partial charge is 0.486 e. The Morgan fingerprint density at radius 3 is 2.60 bits per heavy atom.